The quantitative estimate of drug-likeness (QED) is 0.862. The summed E-state index contributed by atoms with van der Waals surface area (Å²) in [4.78, 5) is 12.0. The van der Waals surface area contributed by atoms with Gasteiger partial charge in [-0.25, -0.2) is 0 Å². The first kappa shape index (κ1) is 15.0. The number of nitrogens with zero attached hydrogens (tertiary/aromatic N) is 2. The zero-order chi connectivity index (χ0) is 14.5. The van der Waals surface area contributed by atoms with E-state index in [1.54, 1.807) is 17.1 Å². The summed E-state index contributed by atoms with van der Waals surface area (Å²) in [6.45, 7) is 3.02. The smallest absolute Gasteiger partial charge is 0.241 e. The van der Waals surface area contributed by atoms with Gasteiger partial charge in [0.2, 0.25) is 5.91 Å². The molecule has 1 saturated carbocycles. The van der Waals surface area contributed by atoms with Crippen LogP contribution in [0.1, 0.15) is 50.6 Å². The van der Waals surface area contributed by atoms with E-state index >= 15 is 0 Å². The normalized spacial score (nSPS) is 24.4. The topological polar surface area (TPSA) is 72.9 Å². The fourth-order valence-corrected chi connectivity index (χ4v) is 2.95. The van der Waals surface area contributed by atoms with Crippen LogP contribution in [0.25, 0.3) is 0 Å². The largest absolute Gasteiger partial charge is 0.354 e. The van der Waals surface area contributed by atoms with Crippen LogP contribution in [-0.2, 0) is 11.8 Å². The van der Waals surface area contributed by atoms with Gasteiger partial charge in [-0.15, -0.1) is 0 Å². The Hall–Kier alpha value is -1.36. The SMILES string of the molecule is CCC1CCC(CNC(=O)C(N)c2cnn(C)c2)CC1. The van der Waals surface area contributed by atoms with Crippen LogP contribution in [0.5, 0.6) is 0 Å². The molecule has 1 aliphatic carbocycles. The predicted octanol–water partition coefficient (Wildman–Crippen LogP) is 1.75. The van der Waals surface area contributed by atoms with Crippen LogP contribution in [0, 0.1) is 11.8 Å². The van der Waals surface area contributed by atoms with Crippen molar-refractivity contribution in [3.05, 3.63) is 18.0 Å². The minimum absolute atomic E-state index is 0.101. The molecular formula is C15H26N4O. The number of aromatic nitrogens is 2. The zero-order valence-corrected chi connectivity index (χ0v) is 12.5. The number of carbonyl (C=O) groups excluding carboxylic acids is 1. The third-order valence-corrected chi connectivity index (χ3v) is 4.48. The molecule has 1 aromatic heterocycles. The molecule has 20 heavy (non-hydrogen) atoms. The maximum absolute atomic E-state index is 12.0. The summed E-state index contributed by atoms with van der Waals surface area (Å²) in [5.41, 5.74) is 6.71. The first-order chi connectivity index (χ1) is 9.60. The van der Waals surface area contributed by atoms with Crippen LogP contribution in [0.15, 0.2) is 12.4 Å². The molecule has 1 aromatic rings. The third-order valence-electron chi connectivity index (χ3n) is 4.48. The molecule has 1 amide bonds. The van der Waals surface area contributed by atoms with Crippen molar-refractivity contribution in [3.63, 3.8) is 0 Å². The van der Waals surface area contributed by atoms with Crippen LogP contribution in [0.2, 0.25) is 0 Å². The van der Waals surface area contributed by atoms with Crippen LogP contribution >= 0.6 is 0 Å². The minimum atomic E-state index is -0.615. The Morgan fingerprint density at radius 1 is 1.45 bits per heavy atom. The Morgan fingerprint density at radius 3 is 2.65 bits per heavy atom. The van der Waals surface area contributed by atoms with Crippen LogP contribution in [0.4, 0.5) is 0 Å². The predicted molar refractivity (Wildman–Crippen MR) is 78.9 cm³/mol. The van der Waals surface area contributed by atoms with E-state index in [9.17, 15) is 4.79 Å². The van der Waals surface area contributed by atoms with Crippen molar-refractivity contribution in [2.45, 2.75) is 45.1 Å². The van der Waals surface area contributed by atoms with Gasteiger partial charge in [0.05, 0.1) is 6.20 Å². The van der Waals surface area contributed by atoms with Gasteiger partial charge >= 0.3 is 0 Å². The van der Waals surface area contributed by atoms with E-state index in [0.29, 0.717) is 5.92 Å². The Morgan fingerprint density at radius 2 is 2.10 bits per heavy atom. The number of hydrogen-bond donors (Lipinski definition) is 2. The van der Waals surface area contributed by atoms with E-state index in [0.717, 1.165) is 18.0 Å². The second kappa shape index (κ2) is 6.88. The zero-order valence-electron chi connectivity index (χ0n) is 12.5. The van der Waals surface area contributed by atoms with Crippen molar-refractivity contribution in [2.24, 2.45) is 24.6 Å². The van der Waals surface area contributed by atoms with Crippen LogP contribution < -0.4 is 11.1 Å². The van der Waals surface area contributed by atoms with Gasteiger partial charge in [0, 0.05) is 25.4 Å². The number of rotatable bonds is 5. The molecule has 0 radical (unpaired) electrons. The Balaban J connectivity index is 1.75. The summed E-state index contributed by atoms with van der Waals surface area (Å²) in [5.74, 6) is 1.40. The minimum Gasteiger partial charge on any atom is -0.354 e. The molecule has 0 aliphatic heterocycles. The van der Waals surface area contributed by atoms with Crippen LogP contribution in [0.3, 0.4) is 0 Å². The molecule has 1 aliphatic rings. The fraction of sp³-hybridized carbons (Fsp3) is 0.733. The molecule has 0 saturated heterocycles. The lowest BCUT2D eigenvalue weighted by Gasteiger charge is -2.28. The molecule has 0 bridgehead atoms. The van der Waals surface area contributed by atoms with E-state index in [2.05, 4.69) is 17.3 Å². The fourth-order valence-electron chi connectivity index (χ4n) is 2.95. The third kappa shape index (κ3) is 3.82. The summed E-state index contributed by atoms with van der Waals surface area (Å²) in [7, 11) is 1.82. The summed E-state index contributed by atoms with van der Waals surface area (Å²) in [6, 6.07) is -0.615. The van der Waals surface area contributed by atoms with Gasteiger partial charge < -0.3 is 11.1 Å². The van der Waals surface area contributed by atoms with Crippen molar-refractivity contribution in [1.82, 2.24) is 15.1 Å². The number of amides is 1. The summed E-state index contributed by atoms with van der Waals surface area (Å²) in [5, 5.41) is 7.04. The first-order valence-corrected chi connectivity index (χ1v) is 7.62. The number of carbonyl (C=O) groups is 1. The highest BCUT2D eigenvalue weighted by Crippen LogP contribution is 2.30. The molecule has 1 fully saturated rings. The van der Waals surface area contributed by atoms with Gasteiger partial charge in [0.1, 0.15) is 6.04 Å². The van der Waals surface area contributed by atoms with E-state index in [1.807, 2.05) is 7.05 Å². The lowest BCUT2D eigenvalue weighted by molar-refractivity contribution is -0.122. The Kier molecular flexibility index (Phi) is 5.17. The average molecular weight is 278 g/mol. The Labute approximate surface area is 120 Å². The second-order valence-electron chi connectivity index (χ2n) is 5.97. The summed E-state index contributed by atoms with van der Waals surface area (Å²) in [6.07, 6.45) is 9.76. The standard InChI is InChI=1S/C15H26N4O/c1-3-11-4-6-12(7-5-11)8-17-15(20)14(16)13-9-18-19(2)10-13/h9-12,14H,3-8,16H2,1-2H3,(H,17,20). The second-order valence-corrected chi connectivity index (χ2v) is 5.97. The number of nitrogens with one attached hydrogen (secondary N) is 1. The highest BCUT2D eigenvalue weighted by molar-refractivity contribution is 5.82. The number of nitrogens with two attached hydrogens (primary N) is 1. The molecule has 3 N–H and O–H groups in total. The number of hydrogen-bond acceptors (Lipinski definition) is 3. The molecule has 1 heterocycles. The van der Waals surface area contributed by atoms with Gasteiger partial charge in [-0.1, -0.05) is 26.2 Å². The van der Waals surface area contributed by atoms with Gasteiger partial charge in [-0.2, -0.15) is 5.10 Å². The van der Waals surface area contributed by atoms with E-state index in [-0.39, 0.29) is 5.91 Å². The molecule has 5 heteroatoms. The maximum Gasteiger partial charge on any atom is 0.241 e. The van der Waals surface area contributed by atoms with Crippen molar-refractivity contribution in [1.29, 1.82) is 0 Å². The van der Waals surface area contributed by atoms with E-state index < -0.39 is 6.04 Å². The van der Waals surface area contributed by atoms with E-state index in [4.69, 9.17) is 5.73 Å². The first-order valence-electron chi connectivity index (χ1n) is 7.62. The lowest BCUT2D eigenvalue weighted by Crippen LogP contribution is -2.37. The monoisotopic (exact) mass is 278 g/mol. The van der Waals surface area contributed by atoms with Crippen molar-refractivity contribution >= 4 is 5.91 Å². The highest BCUT2D eigenvalue weighted by atomic mass is 16.2. The van der Waals surface area contributed by atoms with Crippen LogP contribution in [-0.4, -0.2) is 22.2 Å². The molecule has 112 valence electrons. The van der Waals surface area contributed by atoms with Gasteiger partial charge in [-0.05, 0) is 24.7 Å². The lowest BCUT2D eigenvalue weighted by atomic mass is 9.81. The number of aryl methyl sites for hydroxylation is 1. The average Bonchev–Trinajstić information content (AvgIpc) is 2.91. The Bertz CT molecular complexity index is 435. The molecule has 2 rings (SSSR count). The van der Waals surface area contributed by atoms with Crippen molar-refractivity contribution < 1.29 is 4.79 Å². The highest BCUT2D eigenvalue weighted by Gasteiger charge is 2.22. The summed E-state index contributed by atoms with van der Waals surface area (Å²) >= 11 is 0. The van der Waals surface area contributed by atoms with Gasteiger partial charge in [0.15, 0.2) is 0 Å². The molecule has 5 nitrogen and oxygen atoms in total. The molecular weight excluding hydrogens is 252 g/mol. The van der Waals surface area contributed by atoms with Crippen molar-refractivity contribution in [3.8, 4) is 0 Å². The molecule has 0 aromatic carbocycles. The molecule has 1 atom stereocenters. The van der Waals surface area contributed by atoms with Gasteiger partial charge in [0.25, 0.3) is 0 Å². The maximum atomic E-state index is 12.0. The molecule has 0 spiro atoms. The summed E-state index contributed by atoms with van der Waals surface area (Å²) < 4.78 is 1.66. The van der Waals surface area contributed by atoms with Gasteiger partial charge in [-0.3, -0.25) is 9.48 Å². The molecule has 1 unspecified atom stereocenters. The van der Waals surface area contributed by atoms with E-state index in [1.165, 1.54) is 32.1 Å². The van der Waals surface area contributed by atoms with Crippen molar-refractivity contribution in [2.75, 3.05) is 6.54 Å².